The maximum atomic E-state index is 12.3. The Bertz CT molecular complexity index is 812. The molecule has 6 nitrogen and oxygen atoms in total. The largest absolute Gasteiger partial charge is 0.507 e. The highest BCUT2D eigenvalue weighted by molar-refractivity contribution is 7.99. The topological polar surface area (TPSA) is 76.1 Å². The number of carbonyl (C=O) groups excluding carboxylic acids is 2. The Morgan fingerprint density at radius 2 is 2.04 bits per heavy atom. The van der Waals surface area contributed by atoms with Gasteiger partial charge in [0, 0.05) is 42.1 Å². The zero-order chi connectivity index (χ0) is 20.3. The molecular weight excluding hydrogens is 378 g/mol. The normalized spacial score (nSPS) is 16.8. The van der Waals surface area contributed by atoms with Crippen LogP contribution in [0.25, 0.3) is 0 Å². The minimum absolute atomic E-state index is 0.0640. The molecule has 1 fully saturated rings. The van der Waals surface area contributed by atoms with Crippen molar-refractivity contribution in [3.05, 3.63) is 33.9 Å². The molecule has 2 aliphatic rings. The number of benzene rings is 1. The Hall–Kier alpha value is -2.15. The van der Waals surface area contributed by atoms with Gasteiger partial charge in [-0.25, -0.2) is 4.79 Å². The molecule has 2 heterocycles. The number of nitrogens with zero attached hydrogens (tertiary/aromatic N) is 1. The zero-order valence-corrected chi connectivity index (χ0v) is 17.5. The van der Waals surface area contributed by atoms with Crippen LogP contribution in [0.5, 0.6) is 11.5 Å². The van der Waals surface area contributed by atoms with Gasteiger partial charge in [-0.15, -0.1) is 0 Å². The Kier molecular flexibility index (Phi) is 6.54. The average Bonchev–Trinajstić information content (AvgIpc) is 3.10. The van der Waals surface area contributed by atoms with Crippen molar-refractivity contribution in [3.8, 4) is 11.5 Å². The quantitative estimate of drug-likeness (QED) is 0.579. The van der Waals surface area contributed by atoms with Crippen LogP contribution in [-0.4, -0.2) is 53.6 Å². The van der Waals surface area contributed by atoms with Crippen molar-refractivity contribution in [3.63, 3.8) is 0 Å². The maximum Gasteiger partial charge on any atom is 0.342 e. The molecular formula is C21H27NO5S. The predicted molar refractivity (Wildman–Crippen MR) is 109 cm³/mol. The van der Waals surface area contributed by atoms with Crippen LogP contribution < -0.4 is 4.74 Å². The number of cyclic esters (lactones) is 1. The molecule has 3 rings (SSSR count). The molecule has 1 aromatic rings. The van der Waals surface area contributed by atoms with Gasteiger partial charge in [0.1, 0.15) is 23.7 Å². The second-order valence-electron chi connectivity index (χ2n) is 7.16. The minimum Gasteiger partial charge on any atom is -0.507 e. The van der Waals surface area contributed by atoms with E-state index in [4.69, 9.17) is 9.47 Å². The summed E-state index contributed by atoms with van der Waals surface area (Å²) in [6.07, 6.45) is 3.59. The van der Waals surface area contributed by atoms with Gasteiger partial charge in [-0.3, -0.25) is 4.79 Å². The van der Waals surface area contributed by atoms with Crippen LogP contribution in [0.1, 0.15) is 46.8 Å². The Balaban J connectivity index is 1.71. The highest BCUT2D eigenvalue weighted by Crippen LogP contribution is 2.42. The molecule has 1 amide bonds. The number of allylic oxidation sites excluding steroid dienone is 2. The smallest absolute Gasteiger partial charge is 0.342 e. The van der Waals surface area contributed by atoms with Crippen LogP contribution in [0.2, 0.25) is 0 Å². The van der Waals surface area contributed by atoms with Gasteiger partial charge in [0.25, 0.3) is 0 Å². The summed E-state index contributed by atoms with van der Waals surface area (Å²) in [7, 11) is 1.56. The lowest BCUT2D eigenvalue weighted by molar-refractivity contribution is -0.130. The highest BCUT2D eigenvalue weighted by Gasteiger charge is 2.31. The fourth-order valence-electron chi connectivity index (χ4n) is 3.68. The Morgan fingerprint density at radius 1 is 1.32 bits per heavy atom. The summed E-state index contributed by atoms with van der Waals surface area (Å²) in [5.41, 5.74) is 3.41. The number of amides is 1. The monoisotopic (exact) mass is 405 g/mol. The van der Waals surface area contributed by atoms with Gasteiger partial charge in [0.05, 0.1) is 7.11 Å². The predicted octanol–water partition coefficient (Wildman–Crippen LogP) is 3.22. The summed E-state index contributed by atoms with van der Waals surface area (Å²) in [5, 5.41) is 10.6. The van der Waals surface area contributed by atoms with E-state index in [0.29, 0.717) is 36.1 Å². The molecule has 0 spiro atoms. The molecule has 0 aromatic heterocycles. The average molecular weight is 406 g/mol. The molecule has 0 aliphatic carbocycles. The van der Waals surface area contributed by atoms with Gasteiger partial charge in [0.15, 0.2) is 0 Å². The summed E-state index contributed by atoms with van der Waals surface area (Å²) in [6.45, 7) is 5.69. The number of methoxy groups -OCH3 is 1. The number of hydrogen-bond donors (Lipinski definition) is 1. The standard InChI is InChI=1S/C21H27NO5S/c1-13(5-7-17(23)22-8-10-28-11-9-22)4-6-15-19(24)18-16(12-27-21(18)25)14(2)20(15)26-3/h4,24H,5-12H2,1-3H3/b13-4+. The van der Waals surface area contributed by atoms with Gasteiger partial charge >= 0.3 is 5.97 Å². The van der Waals surface area contributed by atoms with Crippen LogP contribution in [0, 0.1) is 6.92 Å². The fourth-order valence-corrected chi connectivity index (χ4v) is 4.58. The first-order valence-corrected chi connectivity index (χ1v) is 10.7. The first kappa shape index (κ1) is 20.6. The SMILES string of the molecule is COc1c(C)c2c(c(O)c1C/C=C(\C)CCC(=O)N1CCSCC1)C(=O)OC2. The number of esters is 1. The first-order valence-electron chi connectivity index (χ1n) is 9.53. The van der Waals surface area contributed by atoms with Gasteiger partial charge in [0.2, 0.25) is 5.91 Å². The summed E-state index contributed by atoms with van der Waals surface area (Å²) in [4.78, 5) is 26.2. The van der Waals surface area contributed by atoms with Crippen LogP contribution in [0.3, 0.4) is 0 Å². The van der Waals surface area contributed by atoms with Crippen molar-refractivity contribution in [1.82, 2.24) is 4.90 Å². The number of fused-ring (bicyclic) bond motifs is 1. The molecule has 0 atom stereocenters. The molecule has 0 bridgehead atoms. The van der Waals surface area contributed by atoms with Crippen LogP contribution >= 0.6 is 11.8 Å². The summed E-state index contributed by atoms with van der Waals surface area (Å²) >= 11 is 1.89. The molecule has 1 saturated heterocycles. The third-order valence-electron chi connectivity index (χ3n) is 5.40. The number of rotatable bonds is 6. The van der Waals surface area contributed by atoms with E-state index in [1.165, 1.54) is 0 Å². The number of ether oxygens (including phenoxy) is 2. The lowest BCUT2D eigenvalue weighted by Crippen LogP contribution is -2.37. The Morgan fingerprint density at radius 3 is 2.71 bits per heavy atom. The van der Waals surface area contributed by atoms with Crippen LogP contribution in [-0.2, 0) is 22.6 Å². The third-order valence-corrected chi connectivity index (χ3v) is 6.34. The van der Waals surface area contributed by atoms with E-state index >= 15 is 0 Å². The lowest BCUT2D eigenvalue weighted by Gasteiger charge is -2.26. The van der Waals surface area contributed by atoms with E-state index in [1.807, 2.05) is 36.6 Å². The summed E-state index contributed by atoms with van der Waals surface area (Å²) in [6, 6.07) is 0. The van der Waals surface area contributed by atoms with Crippen molar-refractivity contribution in [2.45, 2.75) is 39.7 Å². The summed E-state index contributed by atoms with van der Waals surface area (Å²) < 4.78 is 10.6. The van der Waals surface area contributed by atoms with Crippen molar-refractivity contribution >= 4 is 23.6 Å². The second kappa shape index (κ2) is 8.90. The van der Waals surface area contributed by atoms with Crippen molar-refractivity contribution < 1.29 is 24.2 Å². The van der Waals surface area contributed by atoms with E-state index in [-0.39, 0.29) is 23.8 Å². The minimum atomic E-state index is -0.495. The van der Waals surface area contributed by atoms with Crippen molar-refractivity contribution in [2.24, 2.45) is 0 Å². The Labute approximate surface area is 169 Å². The van der Waals surface area contributed by atoms with Gasteiger partial charge in [-0.05, 0) is 32.3 Å². The molecule has 2 aliphatic heterocycles. The number of carbonyl (C=O) groups is 2. The fraction of sp³-hybridized carbons (Fsp3) is 0.524. The maximum absolute atomic E-state index is 12.3. The second-order valence-corrected chi connectivity index (χ2v) is 8.39. The van der Waals surface area contributed by atoms with Gasteiger partial charge in [-0.1, -0.05) is 11.6 Å². The van der Waals surface area contributed by atoms with Crippen molar-refractivity contribution in [2.75, 3.05) is 31.7 Å². The molecule has 28 heavy (non-hydrogen) atoms. The van der Waals surface area contributed by atoms with E-state index in [1.54, 1.807) is 7.11 Å². The van der Waals surface area contributed by atoms with E-state index < -0.39 is 5.97 Å². The molecule has 0 radical (unpaired) electrons. The first-order chi connectivity index (χ1) is 13.4. The molecule has 1 N–H and O–H groups in total. The number of hydrogen-bond acceptors (Lipinski definition) is 6. The van der Waals surface area contributed by atoms with Gasteiger partial charge in [-0.2, -0.15) is 11.8 Å². The number of phenolic OH excluding ortho intramolecular Hbond substituents is 1. The number of aromatic hydroxyl groups is 1. The molecule has 0 saturated carbocycles. The molecule has 152 valence electrons. The van der Waals surface area contributed by atoms with E-state index in [0.717, 1.165) is 35.7 Å². The number of phenols is 1. The molecule has 0 unspecified atom stereocenters. The highest BCUT2D eigenvalue weighted by atomic mass is 32.2. The van der Waals surface area contributed by atoms with Crippen molar-refractivity contribution in [1.29, 1.82) is 0 Å². The van der Waals surface area contributed by atoms with Gasteiger partial charge < -0.3 is 19.5 Å². The van der Waals surface area contributed by atoms with E-state index in [2.05, 4.69) is 0 Å². The van der Waals surface area contributed by atoms with Crippen LogP contribution in [0.4, 0.5) is 0 Å². The lowest BCUT2D eigenvalue weighted by atomic mass is 9.94. The summed E-state index contributed by atoms with van der Waals surface area (Å²) in [5.74, 6) is 2.25. The number of thioether (sulfide) groups is 1. The van der Waals surface area contributed by atoms with Crippen LogP contribution in [0.15, 0.2) is 11.6 Å². The van der Waals surface area contributed by atoms with E-state index in [9.17, 15) is 14.7 Å². The zero-order valence-electron chi connectivity index (χ0n) is 16.7. The third kappa shape index (κ3) is 4.14. The molecule has 7 heteroatoms. The molecule has 1 aromatic carbocycles.